The summed E-state index contributed by atoms with van der Waals surface area (Å²) in [6, 6.07) is 15.6. The maximum Gasteiger partial charge on any atom is 0.166 e. The summed E-state index contributed by atoms with van der Waals surface area (Å²) in [5, 5.41) is 0. The lowest BCUT2D eigenvalue weighted by Crippen LogP contribution is -2.15. The van der Waals surface area contributed by atoms with Crippen LogP contribution >= 0.6 is 0 Å². The van der Waals surface area contributed by atoms with E-state index in [-0.39, 0.29) is 35.1 Å². The molecule has 3 heteroatoms. The minimum Gasteiger partial charge on any atom is -0.300 e. The highest BCUT2D eigenvalue weighted by Crippen LogP contribution is 2.18. The molecule has 2 rings (SSSR count). The Bertz CT molecular complexity index is 862. The zero-order chi connectivity index (χ0) is 21.6. The number of rotatable bonds is 10. The average molecular weight is 393 g/mol. The van der Waals surface area contributed by atoms with Gasteiger partial charge >= 0.3 is 0 Å². The van der Waals surface area contributed by atoms with Crippen LogP contribution in [0.1, 0.15) is 61.7 Å². The van der Waals surface area contributed by atoms with E-state index in [2.05, 4.69) is 0 Å². The van der Waals surface area contributed by atoms with E-state index in [1.165, 1.54) is 0 Å². The summed E-state index contributed by atoms with van der Waals surface area (Å²) >= 11 is 0. The number of hydrogen-bond acceptors (Lipinski definition) is 3. The predicted molar refractivity (Wildman–Crippen MR) is 117 cm³/mol. The van der Waals surface area contributed by atoms with Gasteiger partial charge in [0, 0.05) is 29.7 Å². The fourth-order valence-electron chi connectivity index (χ4n) is 3.28. The Balaban J connectivity index is 2.02. The maximum atomic E-state index is 12.9. The Kier molecular flexibility index (Phi) is 8.07. The molecule has 2 unspecified atom stereocenters. The second-order valence-corrected chi connectivity index (χ2v) is 8.50. The van der Waals surface area contributed by atoms with Crippen LogP contribution in [0, 0.1) is 17.8 Å². The van der Waals surface area contributed by atoms with Gasteiger partial charge in [-0.05, 0) is 42.5 Å². The third kappa shape index (κ3) is 6.77. The third-order valence-corrected chi connectivity index (χ3v) is 5.48. The molecule has 154 valence electrons. The van der Waals surface area contributed by atoms with Crippen molar-refractivity contribution in [1.82, 2.24) is 0 Å². The summed E-state index contributed by atoms with van der Waals surface area (Å²) in [5.41, 5.74) is 3.82. The van der Waals surface area contributed by atoms with Crippen molar-refractivity contribution in [2.75, 3.05) is 0 Å². The molecular formula is C26H32O3. The minimum absolute atomic E-state index is 0.0427. The first kappa shape index (κ1) is 22.7. The quantitative estimate of drug-likeness (QED) is 0.517. The fraction of sp³-hybridized carbons (Fsp3) is 0.423. The molecule has 2 atom stereocenters. The summed E-state index contributed by atoms with van der Waals surface area (Å²) < 4.78 is 0. The van der Waals surface area contributed by atoms with Crippen LogP contribution in [0.2, 0.25) is 0 Å². The van der Waals surface area contributed by atoms with E-state index >= 15 is 0 Å². The maximum absolute atomic E-state index is 12.9. The van der Waals surface area contributed by atoms with Crippen LogP contribution in [-0.4, -0.2) is 17.3 Å². The monoisotopic (exact) mass is 392 g/mol. The zero-order valence-corrected chi connectivity index (χ0v) is 18.2. The molecule has 0 saturated heterocycles. The van der Waals surface area contributed by atoms with E-state index in [1.54, 1.807) is 6.92 Å². The molecule has 3 nitrogen and oxygen atoms in total. The summed E-state index contributed by atoms with van der Waals surface area (Å²) in [6.07, 6.45) is 1.77. The van der Waals surface area contributed by atoms with Gasteiger partial charge in [0.15, 0.2) is 5.78 Å². The molecule has 0 amide bonds. The van der Waals surface area contributed by atoms with Gasteiger partial charge in [-0.15, -0.1) is 0 Å². The normalized spacial score (nSPS) is 13.2. The average Bonchev–Trinajstić information content (AvgIpc) is 2.68. The van der Waals surface area contributed by atoms with Crippen molar-refractivity contribution in [2.24, 2.45) is 17.8 Å². The Morgan fingerprint density at radius 1 is 0.759 bits per heavy atom. The largest absolute Gasteiger partial charge is 0.300 e. The highest BCUT2D eigenvalue weighted by Gasteiger charge is 2.17. The van der Waals surface area contributed by atoms with E-state index < -0.39 is 0 Å². The Labute approximate surface area is 174 Å². The van der Waals surface area contributed by atoms with Gasteiger partial charge in [-0.3, -0.25) is 14.4 Å². The summed E-state index contributed by atoms with van der Waals surface area (Å²) in [4.78, 5) is 36.3. The smallest absolute Gasteiger partial charge is 0.166 e. The first-order chi connectivity index (χ1) is 13.7. The van der Waals surface area contributed by atoms with E-state index in [4.69, 9.17) is 0 Å². The minimum atomic E-state index is -0.140. The summed E-state index contributed by atoms with van der Waals surface area (Å²) in [5.74, 6) is 0.370. The molecule has 0 fully saturated rings. The lowest BCUT2D eigenvalue weighted by Gasteiger charge is -2.13. The zero-order valence-electron chi connectivity index (χ0n) is 18.2. The van der Waals surface area contributed by atoms with Crippen molar-refractivity contribution in [3.63, 3.8) is 0 Å². The van der Waals surface area contributed by atoms with Crippen molar-refractivity contribution in [3.05, 3.63) is 70.8 Å². The number of Topliss-reactive ketones (excluding diaryl/α,β-unsaturated/α-hetero) is 3. The molecule has 0 aliphatic heterocycles. The van der Waals surface area contributed by atoms with Crippen LogP contribution in [0.3, 0.4) is 0 Å². The fourth-order valence-corrected chi connectivity index (χ4v) is 3.28. The number of ketones is 3. The molecule has 0 heterocycles. The Hall–Kier alpha value is -2.55. The molecule has 0 radical (unpaired) electrons. The number of hydrogen-bond donors (Lipinski definition) is 0. The van der Waals surface area contributed by atoms with Gasteiger partial charge in [-0.1, -0.05) is 70.2 Å². The summed E-state index contributed by atoms with van der Waals surface area (Å²) in [6.45, 7) is 9.30. The number of benzene rings is 2. The number of carbonyl (C=O) groups is 3. The molecule has 0 aromatic heterocycles. The van der Waals surface area contributed by atoms with E-state index in [9.17, 15) is 14.4 Å². The molecule has 2 aromatic carbocycles. The molecular weight excluding hydrogens is 360 g/mol. The van der Waals surface area contributed by atoms with Gasteiger partial charge in [0.25, 0.3) is 0 Å². The Morgan fingerprint density at radius 2 is 1.34 bits per heavy atom. The molecule has 0 N–H and O–H groups in total. The SMILES string of the molecule is CC(=O)C(C)Cc1cccc(C(=O)C(C)Cc2ccc(CC(=O)C(C)C)cc2)c1. The predicted octanol–water partition coefficient (Wildman–Crippen LogP) is 5.28. The first-order valence-electron chi connectivity index (χ1n) is 10.4. The number of carbonyl (C=O) groups excluding carboxylic acids is 3. The van der Waals surface area contributed by atoms with Crippen LogP contribution in [0.5, 0.6) is 0 Å². The lowest BCUT2D eigenvalue weighted by molar-refractivity contribution is -0.121. The van der Waals surface area contributed by atoms with Crippen molar-refractivity contribution in [3.8, 4) is 0 Å². The second kappa shape index (κ2) is 10.3. The standard InChI is InChI=1S/C26H32O3/c1-17(2)25(28)16-22-11-9-21(10-12-22)14-19(4)26(29)24-8-6-7-23(15-24)13-18(3)20(5)27/h6-12,15,17-19H,13-14,16H2,1-5H3. The third-order valence-electron chi connectivity index (χ3n) is 5.48. The van der Waals surface area contributed by atoms with Crippen molar-refractivity contribution in [2.45, 2.75) is 53.9 Å². The highest BCUT2D eigenvalue weighted by molar-refractivity contribution is 5.98. The van der Waals surface area contributed by atoms with Crippen molar-refractivity contribution in [1.29, 1.82) is 0 Å². The van der Waals surface area contributed by atoms with Gasteiger partial charge < -0.3 is 0 Å². The van der Waals surface area contributed by atoms with Crippen LogP contribution in [0.25, 0.3) is 0 Å². The topological polar surface area (TPSA) is 51.2 Å². The molecule has 2 aromatic rings. The van der Waals surface area contributed by atoms with Crippen LogP contribution in [0.4, 0.5) is 0 Å². The van der Waals surface area contributed by atoms with Gasteiger partial charge in [0.2, 0.25) is 0 Å². The highest BCUT2D eigenvalue weighted by atomic mass is 16.1. The Morgan fingerprint density at radius 3 is 1.93 bits per heavy atom. The van der Waals surface area contributed by atoms with E-state index in [1.807, 2.05) is 76.2 Å². The molecule has 0 aliphatic carbocycles. The van der Waals surface area contributed by atoms with Crippen LogP contribution < -0.4 is 0 Å². The van der Waals surface area contributed by atoms with Crippen molar-refractivity contribution < 1.29 is 14.4 Å². The van der Waals surface area contributed by atoms with Gasteiger partial charge in [0.05, 0.1) is 0 Å². The van der Waals surface area contributed by atoms with Gasteiger partial charge in [0.1, 0.15) is 11.6 Å². The van der Waals surface area contributed by atoms with Crippen LogP contribution in [-0.2, 0) is 28.9 Å². The van der Waals surface area contributed by atoms with Crippen LogP contribution in [0.15, 0.2) is 48.5 Å². The van der Waals surface area contributed by atoms with Gasteiger partial charge in [-0.2, -0.15) is 0 Å². The molecule has 0 spiro atoms. The second-order valence-electron chi connectivity index (χ2n) is 8.50. The first-order valence-corrected chi connectivity index (χ1v) is 10.4. The molecule has 0 bridgehead atoms. The van der Waals surface area contributed by atoms with E-state index in [0.29, 0.717) is 24.8 Å². The molecule has 29 heavy (non-hydrogen) atoms. The molecule has 0 saturated carbocycles. The lowest BCUT2D eigenvalue weighted by atomic mass is 9.90. The van der Waals surface area contributed by atoms with Gasteiger partial charge in [-0.25, -0.2) is 0 Å². The van der Waals surface area contributed by atoms with E-state index in [0.717, 1.165) is 16.7 Å². The molecule has 0 aliphatic rings. The summed E-state index contributed by atoms with van der Waals surface area (Å²) in [7, 11) is 0. The van der Waals surface area contributed by atoms with Crippen molar-refractivity contribution >= 4 is 17.3 Å².